The van der Waals surface area contributed by atoms with Gasteiger partial charge in [0.25, 0.3) is 0 Å². The van der Waals surface area contributed by atoms with E-state index in [2.05, 4.69) is 49.4 Å². The molecule has 0 radical (unpaired) electrons. The quantitative estimate of drug-likeness (QED) is 0.808. The molecule has 1 aliphatic rings. The molecule has 2 aromatic rings. The van der Waals surface area contributed by atoms with E-state index in [4.69, 9.17) is 11.5 Å². The van der Waals surface area contributed by atoms with E-state index in [-0.39, 0.29) is 0 Å². The maximum atomic E-state index is 5.88. The van der Waals surface area contributed by atoms with Crippen LogP contribution in [0.1, 0.15) is 18.9 Å². The lowest BCUT2D eigenvalue weighted by Gasteiger charge is -2.20. The predicted molar refractivity (Wildman–Crippen MR) is 90.3 cm³/mol. The molecule has 1 unspecified atom stereocenters. The van der Waals surface area contributed by atoms with Gasteiger partial charge in [-0.15, -0.1) is 0 Å². The Bertz CT molecular complexity index is 691. The third kappa shape index (κ3) is 2.84. The highest BCUT2D eigenvalue weighted by Crippen LogP contribution is 2.32. The first-order valence-electron chi connectivity index (χ1n) is 7.26. The number of anilines is 1. The lowest BCUT2D eigenvalue weighted by atomic mass is 9.86. The third-order valence-corrected chi connectivity index (χ3v) is 4.01. The van der Waals surface area contributed by atoms with Gasteiger partial charge >= 0.3 is 0 Å². The van der Waals surface area contributed by atoms with Gasteiger partial charge in [-0.25, -0.2) is 0 Å². The molecule has 4 N–H and O–H groups in total. The first-order valence-corrected chi connectivity index (χ1v) is 7.26. The lowest BCUT2D eigenvalue weighted by Crippen LogP contribution is -2.09. The van der Waals surface area contributed by atoms with Crippen LogP contribution >= 0.6 is 0 Å². The van der Waals surface area contributed by atoms with Crippen molar-refractivity contribution in [2.45, 2.75) is 13.3 Å². The zero-order valence-electron chi connectivity index (χ0n) is 12.2. The summed E-state index contributed by atoms with van der Waals surface area (Å²) in [5, 5.41) is 0. The van der Waals surface area contributed by atoms with Crippen LogP contribution in [0, 0.1) is 5.92 Å². The van der Waals surface area contributed by atoms with Crippen LogP contribution in [-0.4, -0.2) is 0 Å². The lowest BCUT2D eigenvalue weighted by molar-refractivity contribution is 0.721. The third-order valence-electron chi connectivity index (χ3n) is 4.01. The van der Waals surface area contributed by atoms with Crippen molar-refractivity contribution in [3.8, 4) is 11.1 Å². The van der Waals surface area contributed by atoms with Crippen molar-refractivity contribution in [3.05, 3.63) is 71.9 Å². The Hall–Kier alpha value is -2.48. The molecule has 0 aliphatic heterocycles. The second-order valence-corrected chi connectivity index (χ2v) is 5.67. The maximum Gasteiger partial charge on any atom is 0.0314 e. The fraction of sp³-hybridized carbons (Fsp3) is 0.158. The van der Waals surface area contributed by atoms with Crippen molar-refractivity contribution in [2.75, 3.05) is 5.73 Å². The van der Waals surface area contributed by atoms with Gasteiger partial charge in [0, 0.05) is 11.4 Å². The van der Waals surface area contributed by atoms with Crippen LogP contribution in [-0.2, 0) is 0 Å². The van der Waals surface area contributed by atoms with Gasteiger partial charge in [-0.1, -0.05) is 49.4 Å². The van der Waals surface area contributed by atoms with Crippen molar-refractivity contribution in [2.24, 2.45) is 11.7 Å². The summed E-state index contributed by atoms with van der Waals surface area (Å²) in [4.78, 5) is 0. The zero-order chi connectivity index (χ0) is 14.8. The monoisotopic (exact) mass is 276 g/mol. The van der Waals surface area contributed by atoms with Crippen LogP contribution in [0.3, 0.4) is 0 Å². The minimum atomic E-state index is 0.470. The van der Waals surface area contributed by atoms with Crippen molar-refractivity contribution in [3.63, 3.8) is 0 Å². The van der Waals surface area contributed by atoms with E-state index < -0.39 is 0 Å². The number of hydrogen-bond acceptors (Lipinski definition) is 2. The Balaban J connectivity index is 1.89. The summed E-state index contributed by atoms with van der Waals surface area (Å²) in [7, 11) is 0. The van der Waals surface area contributed by atoms with Gasteiger partial charge in [0.15, 0.2) is 0 Å². The standard InChI is InChI=1S/C19H20N2/c1-13-12-18(21)10-11-19(13)16-4-2-14(3-5-16)15-6-8-17(20)9-7-15/h2-11,13H,12,20-21H2,1H3. The first-order chi connectivity index (χ1) is 10.1. The molecule has 0 aromatic heterocycles. The molecule has 2 heteroatoms. The van der Waals surface area contributed by atoms with E-state index in [0.717, 1.165) is 17.8 Å². The van der Waals surface area contributed by atoms with Gasteiger partial charge in [0.1, 0.15) is 0 Å². The number of benzene rings is 2. The number of nitrogens with two attached hydrogens (primary N) is 2. The normalized spacial score (nSPS) is 18.0. The number of rotatable bonds is 2. The molecule has 0 fully saturated rings. The van der Waals surface area contributed by atoms with E-state index in [1.165, 1.54) is 22.3 Å². The number of nitrogen functional groups attached to an aromatic ring is 1. The summed E-state index contributed by atoms with van der Waals surface area (Å²) >= 11 is 0. The Morgan fingerprint density at radius 2 is 1.29 bits per heavy atom. The largest absolute Gasteiger partial charge is 0.402 e. The van der Waals surface area contributed by atoms with Crippen LogP contribution < -0.4 is 11.5 Å². The highest BCUT2D eigenvalue weighted by Gasteiger charge is 2.15. The van der Waals surface area contributed by atoms with Gasteiger partial charge in [-0.2, -0.15) is 0 Å². The molecule has 1 aliphatic carbocycles. The maximum absolute atomic E-state index is 5.88. The van der Waals surface area contributed by atoms with E-state index in [1.54, 1.807) is 0 Å². The Morgan fingerprint density at radius 3 is 1.86 bits per heavy atom. The highest BCUT2D eigenvalue weighted by molar-refractivity contribution is 5.73. The molecule has 0 heterocycles. The van der Waals surface area contributed by atoms with Crippen molar-refractivity contribution in [1.82, 2.24) is 0 Å². The van der Waals surface area contributed by atoms with Crippen LogP contribution in [0.5, 0.6) is 0 Å². The van der Waals surface area contributed by atoms with E-state index in [0.29, 0.717) is 5.92 Å². The van der Waals surface area contributed by atoms with Gasteiger partial charge in [-0.05, 0) is 52.8 Å². The molecule has 3 rings (SSSR count). The smallest absolute Gasteiger partial charge is 0.0314 e. The van der Waals surface area contributed by atoms with E-state index in [9.17, 15) is 0 Å². The molecule has 21 heavy (non-hydrogen) atoms. The molecule has 0 saturated carbocycles. The molecule has 106 valence electrons. The van der Waals surface area contributed by atoms with Crippen molar-refractivity contribution >= 4 is 11.3 Å². The summed E-state index contributed by atoms with van der Waals surface area (Å²) in [6.45, 7) is 2.22. The predicted octanol–water partition coefficient (Wildman–Crippen LogP) is 4.20. The van der Waals surface area contributed by atoms with E-state index >= 15 is 0 Å². The molecular formula is C19H20N2. The van der Waals surface area contributed by atoms with Crippen LogP contribution in [0.15, 0.2) is 66.4 Å². The molecule has 0 spiro atoms. The summed E-state index contributed by atoms with van der Waals surface area (Å²) in [5.74, 6) is 0.470. The molecule has 0 bridgehead atoms. The van der Waals surface area contributed by atoms with Gasteiger partial charge in [0.05, 0.1) is 0 Å². The second kappa shape index (κ2) is 5.49. The van der Waals surface area contributed by atoms with E-state index in [1.807, 2.05) is 18.2 Å². The second-order valence-electron chi connectivity index (χ2n) is 5.67. The fourth-order valence-electron chi connectivity index (χ4n) is 2.80. The topological polar surface area (TPSA) is 52.0 Å². The van der Waals surface area contributed by atoms with Gasteiger partial charge in [0.2, 0.25) is 0 Å². The summed E-state index contributed by atoms with van der Waals surface area (Å²) in [6.07, 6.45) is 5.09. The van der Waals surface area contributed by atoms with Crippen molar-refractivity contribution < 1.29 is 0 Å². The Labute approximate surface area is 125 Å². The van der Waals surface area contributed by atoms with Gasteiger partial charge in [-0.3, -0.25) is 0 Å². The SMILES string of the molecule is CC1CC(N)=CC=C1c1ccc(-c2ccc(N)cc2)cc1. The molecule has 0 amide bonds. The van der Waals surface area contributed by atoms with Crippen molar-refractivity contribution in [1.29, 1.82) is 0 Å². The minimum Gasteiger partial charge on any atom is -0.402 e. The van der Waals surface area contributed by atoms with Gasteiger partial charge < -0.3 is 11.5 Å². The zero-order valence-corrected chi connectivity index (χ0v) is 12.2. The number of allylic oxidation sites excluding steroid dienone is 4. The highest BCUT2D eigenvalue weighted by atomic mass is 14.6. The summed E-state index contributed by atoms with van der Waals surface area (Å²) < 4.78 is 0. The average Bonchev–Trinajstić information content (AvgIpc) is 2.48. The minimum absolute atomic E-state index is 0.470. The molecule has 2 aromatic carbocycles. The van der Waals surface area contributed by atoms with Crippen LogP contribution in [0.25, 0.3) is 16.7 Å². The van der Waals surface area contributed by atoms with Crippen LogP contribution in [0.4, 0.5) is 5.69 Å². The average molecular weight is 276 g/mol. The molecule has 2 nitrogen and oxygen atoms in total. The Kier molecular flexibility index (Phi) is 3.53. The fourth-order valence-corrected chi connectivity index (χ4v) is 2.80. The number of hydrogen-bond donors (Lipinski definition) is 2. The first kappa shape index (κ1) is 13.5. The summed E-state index contributed by atoms with van der Waals surface area (Å²) in [6, 6.07) is 16.7. The Morgan fingerprint density at radius 1 is 0.762 bits per heavy atom. The molecule has 1 atom stereocenters. The van der Waals surface area contributed by atoms with Crippen LogP contribution in [0.2, 0.25) is 0 Å². The molecule has 0 saturated heterocycles. The summed E-state index contributed by atoms with van der Waals surface area (Å²) in [5.41, 5.74) is 18.4. The molecular weight excluding hydrogens is 256 g/mol.